The van der Waals surface area contributed by atoms with Gasteiger partial charge in [0.05, 0.1) is 0 Å². The van der Waals surface area contributed by atoms with Gasteiger partial charge in [-0.1, -0.05) is 30.3 Å². The highest BCUT2D eigenvalue weighted by Crippen LogP contribution is 2.20. The zero-order valence-electron chi connectivity index (χ0n) is 8.77. The van der Waals surface area contributed by atoms with Gasteiger partial charge in [-0.05, 0) is 22.9 Å². The Morgan fingerprint density at radius 1 is 1.00 bits per heavy atom. The van der Waals surface area contributed by atoms with Gasteiger partial charge in [0, 0.05) is 6.92 Å². The van der Waals surface area contributed by atoms with Crippen molar-refractivity contribution in [1.29, 1.82) is 0 Å². The summed E-state index contributed by atoms with van der Waals surface area (Å²) in [6, 6.07) is 13.0. The van der Waals surface area contributed by atoms with Crippen LogP contribution < -0.4 is 4.74 Å². The lowest BCUT2D eigenvalue weighted by atomic mass is 10.1. The van der Waals surface area contributed by atoms with Crippen LogP contribution in [0.2, 0.25) is 0 Å². The highest BCUT2D eigenvalue weighted by atomic mass is 16.5. The van der Waals surface area contributed by atoms with Gasteiger partial charge in [-0.2, -0.15) is 0 Å². The number of benzene rings is 2. The molecule has 0 N–H and O–H groups in total. The molecule has 0 bridgehead atoms. The molecule has 0 fully saturated rings. The molecule has 0 saturated heterocycles. The number of hydrogen-bond donors (Lipinski definition) is 0. The Bertz CT molecular complexity index is 558. The molecule has 0 heterocycles. The van der Waals surface area contributed by atoms with Crippen molar-refractivity contribution in [3.8, 4) is 5.75 Å². The van der Waals surface area contributed by atoms with Crippen LogP contribution in [0.1, 0.15) is 6.92 Å². The lowest BCUT2D eigenvalue weighted by molar-refractivity contribution is -0.146. The van der Waals surface area contributed by atoms with Gasteiger partial charge in [0.2, 0.25) is 5.78 Å². The summed E-state index contributed by atoms with van der Waals surface area (Å²) in [5.41, 5.74) is 0. The lowest BCUT2D eigenvalue weighted by Crippen LogP contribution is -2.16. The van der Waals surface area contributed by atoms with Crippen LogP contribution in [-0.4, -0.2) is 11.8 Å². The van der Waals surface area contributed by atoms with Crippen molar-refractivity contribution in [2.24, 2.45) is 0 Å². The Hall–Kier alpha value is -2.16. The van der Waals surface area contributed by atoms with Gasteiger partial charge in [0.15, 0.2) is 0 Å². The number of carbonyl (C=O) groups excluding carboxylic acids is 2. The van der Waals surface area contributed by atoms with Gasteiger partial charge in [-0.25, -0.2) is 4.79 Å². The van der Waals surface area contributed by atoms with Gasteiger partial charge in [0.1, 0.15) is 5.75 Å². The number of hydrogen-bond acceptors (Lipinski definition) is 3. The predicted octanol–water partition coefficient (Wildman–Crippen LogP) is 2.33. The summed E-state index contributed by atoms with van der Waals surface area (Å²) in [6.07, 6.45) is 0. The molecular formula is C13H10O3. The SMILES string of the molecule is CC(=O)C(=O)Oc1ccc2ccccc2c1. The summed E-state index contributed by atoms with van der Waals surface area (Å²) in [5, 5.41) is 2.03. The van der Waals surface area contributed by atoms with E-state index in [9.17, 15) is 9.59 Å². The number of Topliss-reactive ketones (excluding diaryl/α,β-unsaturated/α-hetero) is 1. The number of carbonyl (C=O) groups is 2. The van der Waals surface area contributed by atoms with E-state index in [1.807, 2.05) is 30.3 Å². The van der Waals surface area contributed by atoms with E-state index < -0.39 is 11.8 Å². The summed E-state index contributed by atoms with van der Waals surface area (Å²) in [5.74, 6) is -1.05. The molecule has 2 aromatic rings. The Labute approximate surface area is 92.6 Å². The maximum Gasteiger partial charge on any atom is 0.379 e. The van der Waals surface area contributed by atoms with E-state index in [1.165, 1.54) is 6.92 Å². The maximum atomic E-state index is 11.1. The second-order valence-corrected chi connectivity index (χ2v) is 3.45. The normalized spacial score (nSPS) is 10.1. The van der Waals surface area contributed by atoms with Crippen LogP contribution in [-0.2, 0) is 9.59 Å². The van der Waals surface area contributed by atoms with Gasteiger partial charge < -0.3 is 4.74 Å². The quantitative estimate of drug-likeness (QED) is 0.438. The van der Waals surface area contributed by atoms with E-state index in [-0.39, 0.29) is 0 Å². The third kappa shape index (κ3) is 2.08. The van der Waals surface area contributed by atoms with Crippen LogP contribution in [0.25, 0.3) is 10.8 Å². The van der Waals surface area contributed by atoms with Crippen LogP contribution in [0, 0.1) is 0 Å². The third-order valence-corrected chi connectivity index (χ3v) is 2.22. The molecule has 0 spiro atoms. The highest BCUT2D eigenvalue weighted by molar-refractivity contribution is 6.33. The maximum absolute atomic E-state index is 11.1. The molecule has 0 radical (unpaired) electrons. The molecule has 0 aromatic heterocycles. The van der Waals surface area contributed by atoms with Crippen molar-refractivity contribution in [1.82, 2.24) is 0 Å². The van der Waals surface area contributed by atoms with Crippen LogP contribution in [0.5, 0.6) is 5.75 Å². The fourth-order valence-corrected chi connectivity index (χ4v) is 1.41. The number of rotatable bonds is 2. The molecule has 0 atom stereocenters. The number of ether oxygens (including phenoxy) is 1. The molecule has 2 rings (SSSR count). The van der Waals surface area contributed by atoms with Gasteiger partial charge in [-0.15, -0.1) is 0 Å². The van der Waals surface area contributed by atoms with Crippen molar-refractivity contribution in [2.45, 2.75) is 6.92 Å². The molecule has 0 amide bonds. The average molecular weight is 214 g/mol. The summed E-state index contributed by atoms with van der Waals surface area (Å²) in [6.45, 7) is 1.18. The summed E-state index contributed by atoms with van der Waals surface area (Å²) in [7, 11) is 0. The van der Waals surface area contributed by atoms with E-state index in [2.05, 4.69) is 0 Å². The molecular weight excluding hydrogens is 204 g/mol. The second-order valence-electron chi connectivity index (χ2n) is 3.45. The van der Waals surface area contributed by atoms with Crippen LogP contribution in [0.4, 0.5) is 0 Å². The van der Waals surface area contributed by atoms with Crippen LogP contribution in [0.15, 0.2) is 42.5 Å². The molecule has 0 unspecified atom stereocenters. The molecule has 2 aromatic carbocycles. The topological polar surface area (TPSA) is 43.4 Å². The van der Waals surface area contributed by atoms with Gasteiger partial charge >= 0.3 is 5.97 Å². The number of fused-ring (bicyclic) bond motifs is 1. The van der Waals surface area contributed by atoms with Crippen molar-refractivity contribution in [3.63, 3.8) is 0 Å². The lowest BCUT2D eigenvalue weighted by Gasteiger charge is -2.03. The monoisotopic (exact) mass is 214 g/mol. The molecule has 80 valence electrons. The first-order chi connectivity index (χ1) is 7.66. The molecule has 0 aliphatic heterocycles. The number of esters is 1. The molecule has 0 aliphatic rings. The predicted molar refractivity (Wildman–Crippen MR) is 60.3 cm³/mol. The standard InChI is InChI=1S/C13H10O3/c1-9(14)13(15)16-12-7-6-10-4-2-3-5-11(10)8-12/h2-8H,1H3. The van der Waals surface area contributed by atoms with E-state index in [0.29, 0.717) is 5.75 Å². The minimum atomic E-state index is -0.838. The molecule has 16 heavy (non-hydrogen) atoms. The van der Waals surface area contributed by atoms with E-state index >= 15 is 0 Å². The Balaban J connectivity index is 2.33. The average Bonchev–Trinajstić information content (AvgIpc) is 2.28. The first-order valence-corrected chi connectivity index (χ1v) is 4.88. The Morgan fingerprint density at radius 2 is 1.69 bits per heavy atom. The number of ketones is 1. The first kappa shape index (κ1) is 10.4. The third-order valence-electron chi connectivity index (χ3n) is 2.22. The Kier molecular flexibility index (Phi) is 2.68. The second kappa shape index (κ2) is 4.14. The largest absolute Gasteiger partial charge is 0.421 e. The highest BCUT2D eigenvalue weighted by Gasteiger charge is 2.10. The smallest absolute Gasteiger partial charge is 0.379 e. The van der Waals surface area contributed by atoms with Crippen molar-refractivity contribution < 1.29 is 14.3 Å². The minimum Gasteiger partial charge on any atom is -0.421 e. The minimum absolute atomic E-state index is 0.388. The van der Waals surface area contributed by atoms with Gasteiger partial charge in [-0.3, -0.25) is 4.79 Å². The summed E-state index contributed by atoms with van der Waals surface area (Å²) in [4.78, 5) is 21.8. The molecule has 0 saturated carbocycles. The Morgan fingerprint density at radius 3 is 2.38 bits per heavy atom. The van der Waals surface area contributed by atoms with E-state index in [1.54, 1.807) is 12.1 Å². The fourth-order valence-electron chi connectivity index (χ4n) is 1.41. The van der Waals surface area contributed by atoms with Crippen LogP contribution >= 0.6 is 0 Å². The summed E-state index contributed by atoms with van der Waals surface area (Å²) < 4.78 is 4.90. The van der Waals surface area contributed by atoms with Crippen LogP contribution in [0.3, 0.4) is 0 Å². The summed E-state index contributed by atoms with van der Waals surface area (Å²) >= 11 is 0. The first-order valence-electron chi connectivity index (χ1n) is 4.88. The van der Waals surface area contributed by atoms with E-state index in [0.717, 1.165) is 10.8 Å². The fraction of sp³-hybridized carbons (Fsp3) is 0.0769. The van der Waals surface area contributed by atoms with Crippen molar-refractivity contribution in [3.05, 3.63) is 42.5 Å². The zero-order valence-corrected chi connectivity index (χ0v) is 8.77. The van der Waals surface area contributed by atoms with Crippen molar-refractivity contribution in [2.75, 3.05) is 0 Å². The van der Waals surface area contributed by atoms with Crippen molar-refractivity contribution >= 4 is 22.5 Å². The molecule has 0 aliphatic carbocycles. The zero-order chi connectivity index (χ0) is 11.5. The van der Waals surface area contributed by atoms with E-state index in [4.69, 9.17) is 4.74 Å². The molecule has 3 nitrogen and oxygen atoms in total. The van der Waals surface area contributed by atoms with Gasteiger partial charge in [0.25, 0.3) is 0 Å². The molecule has 3 heteroatoms.